The molecule has 4 nitrogen and oxygen atoms in total. The molecule has 3 aromatic carbocycles. The number of anilines is 1. The lowest BCUT2D eigenvalue weighted by Crippen LogP contribution is -2.14. The van der Waals surface area contributed by atoms with E-state index in [0.29, 0.717) is 23.6 Å². The van der Waals surface area contributed by atoms with E-state index in [4.69, 9.17) is 9.47 Å². The topological polar surface area (TPSA) is 47.6 Å². The molecule has 0 radical (unpaired) electrons. The first-order valence-corrected chi connectivity index (χ1v) is 8.36. The predicted octanol–water partition coefficient (Wildman–Crippen LogP) is 4.55. The van der Waals surface area contributed by atoms with Crippen LogP contribution >= 0.6 is 0 Å². The van der Waals surface area contributed by atoms with Crippen molar-refractivity contribution in [3.63, 3.8) is 0 Å². The lowest BCUT2D eigenvalue weighted by Gasteiger charge is -2.11. The molecule has 0 atom stereocenters. The van der Waals surface area contributed by atoms with Crippen molar-refractivity contribution >= 4 is 11.6 Å². The molecule has 0 aliphatic heterocycles. The molecule has 0 fully saturated rings. The fourth-order valence-corrected chi connectivity index (χ4v) is 2.75. The number of hydrogen-bond acceptors (Lipinski definition) is 3. The summed E-state index contributed by atoms with van der Waals surface area (Å²) in [6.45, 7) is 0. The van der Waals surface area contributed by atoms with Gasteiger partial charge in [0.05, 0.1) is 20.6 Å². The number of ether oxygens (including phenoxy) is 2. The van der Waals surface area contributed by atoms with Crippen molar-refractivity contribution < 1.29 is 14.3 Å². The van der Waals surface area contributed by atoms with Crippen LogP contribution in [-0.4, -0.2) is 20.1 Å². The maximum absolute atomic E-state index is 12.3. The average molecular weight is 347 g/mol. The first kappa shape index (κ1) is 17.5. The van der Waals surface area contributed by atoms with Gasteiger partial charge in [-0.3, -0.25) is 4.79 Å². The van der Waals surface area contributed by atoms with Crippen LogP contribution in [0.2, 0.25) is 0 Å². The molecular formula is C22H21NO3. The van der Waals surface area contributed by atoms with Gasteiger partial charge in [0.1, 0.15) is 0 Å². The van der Waals surface area contributed by atoms with Crippen molar-refractivity contribution in [3.05, 3.63) is 78.4 Å². The second-order valence-corrected chi connectivity index (χ2v) is 5.86. The Kier molecular flexibility index (Phi) is 5.54. The third kappa shape index (κ3) is 4.22. The number of carbonyl (C=O) groups is 1. The van der Waals surface area contributed by atoms with Crippen LogP contribution in [0.4, 0.5) is 5.69 Å². The number of hydrogen-bond donors (Lipinski definition) is 1. The van der Waals surface area contributed by atoms with E-state index in [1.807, 2.05) is 42.5 Å². The van der Waals surface area contributed by atoms with Gasteiger partial charge in [0, 0.05) is 11.8 Å². The first-order chi connectivity index (χ1) is 12.7. The molecule has 4 heteroatoms. The Bertz CT molecular complexity index is 874. The summed E-state index contributed by atoms with van der Waals surface area (Å²) < 4.78 is 10.5. The maximum Gasteiger partial charge on any atom is 0.228 e. The Hall–Kier alpha value is -3.27. The summed E-state index contributed by atoms with van der Waals surface area (Å²) in [5.41, 5.74) is 3.93. The van der Waals surface area contributed by atoms with E-state index < -0.39 is 0 Å². The van der Waals surface area contributed by atoms with Gasteiger partial charge in [-0.2, -0.15) is 0 Å². The van der Waals surface area contributed by atoms with Gasteiger partial charge in [-0.25, -0.2) is 0 Å². The molecule has 132 valence electrons. The van der Waals surface area contributed by atoms with Gasteiger partial charge in [0.15, 0.2) is 11.5 Å². The van der Waals surface area contributed by atoms with Gasteiger partial charge in [0.25, 0.3) is 0 Å². The number of carbonyl (C=O) groups excluding carboxylic acids is 1. The van der Waals surface area contributed by atoms with Crippen LogP contribution in [0.5, 0.6) is 11.5 Å². The monoisotopic (exact) mass is 347 g/mol. The predicted molar refractivity (Wildman–Crippen MR) is 104 cm³/mol. The third-order valence-electron chi connectivity index (χ3n) is 4.09. The zero-order valence-corrected chi connectivity index (χ0v) is 14.9. The van der Waals surface area contributed by atoms with Gasteiger partial charge < -0.3 is 14.8 Å². The molecule has 3 rings (SSSR count). The molecule has 0 heterocycles. The van der Waals surface area contributed by atoms with Gasteiger partial charge in [-0.15, -0.1) is 0 Å². The van der Waals surface area contributed by atoms with Crippen LogP contribution in [-0.2, 0) is 11.2 Å². The summed E-state index contributed by atoms with van der Waals surface area (Å²) in [5, 5.41) is 2.89. The highest BCUT2D eigenvalue weighted by molar-refractivity contribution is 5.92. The summed E-state index contributed by atoms with van der Waals surface area (Å²) in [6, 6.07) is 23.5. The summed E-state index contributed by atoms with van der Waals surface area (Å²) in [6.07, 6.45) is 0.309. The van der Waals surface area contributed by atoms with Crippen LogP contribution in [0.1, 0.15) is 5.56 Å². The molecule has 1 N–H and O–H groups in total. The van der Waals surface area contributed by atoms with E-state index in [-0.39, 0.29) is 5.91 Å². The van der Waals surface area contributed by atoms with Gasteiger partial charge in [-0.1, -0.05) is 54.6 Å². The molecular weight excluding hydrogens is 326 g/mol. The second-order valence-electron chi connectivity index (χ2n) is 5.86. The number of nitrogens with one attached hydrogen (secondary N) is 1. The fourth-order valence-electron chi connectivity index (χ4n) is 2.75. The van der Waals surface area contributed by atoms with E-state index >= 15 is 0 Å². The van der Waals surface area contributed by atoms with E-state index in [1.165, 1.54) is 0 Å². The second kappa shape index (κ2) is 8.21. The molecule has 26 heavy (non-hydrogen) atoms. The lowest BCUT2D eigenvalue weighted by molar-refractivity contribution is -0.115. The third-order valence-corrected chi connectivity index (χ3v) is 4.09. The standard InChI is InChI=1S/C22H21NO3/c1-25-20-13-12-19(15-21(20)26-2)23-22(24)14-16-8-10-18(11-9-16)17-6-4-3-5-7-17/h3-13,15H,14H2,1-2H3,(H,23,24). The first-order valence-electron chi connectivity index (χ1n) is 8.36. The Morgan fingerprint density at radius 2 is 1.46 bits per heavy atom. The number of amides is 1. The van der Waals surface area contributed by atoms with Gasteiger partial charge in [-0.05, 0) is 28.8 Å². The summed E-state index contributed by atoms with van der Waals surface area (Å²) >= 11 is 0. The quantitative estimate of drug-likeness (QED) is 0.711. The van der Waals surface area contributed by atoms with Crippen molar-refractivity contribution in [2.24, 2.45) is 0 Å². The fraction of sp³-hybridized carbons (Fsp3) is 0.136. The van der Waals surface area contributed by atoms with E-state index in [2.05, 4.69) is 17.4 Å². The van der Waals surface area contributed by atoms with E-state index in [9.17, 15) is 4.79 Å². The normalized spacial score (nSPS) is 10.2. The minimum absolute atomic E-state index is 0.0790. The van der Waals surface area contributed by atoms with Crippen LogP contribution in [0.25, 0.3) is 11.1 Å². The summed E-state index contributed by atoms with van der Waals surface area (Å²) in [7, 11) is 3.15. The lowest BCUT2D eigenvalue weighted by atomic mass is 10.0. The molecule has 0 aromatic heterocycles. The molecule has 3 aromatic rings. The van der Waals surface area contributed by atoms with E-state index in [1.54, 1.807) is 32.4 Å². The smallest absolute Gasteiger partial charge is 0.228 e. The molecule has 0 saturated carbocycles. The van der Waals surface area contributed by atoms with Crippen molar-refractivity contribution in [2.75, 3.05) is 19.5 Å². The molecule has 0 unspecified atom stereocenters. The molecule has 0 saturated heterocycles. The SMILES string of the molecule is COc1ccc(NC(=O)Cc2ccc(-c3ccccc3)cc2)cc1OC. The zero-order chi connectivity index (χ0) is 18.4. The van der Waals surface area contributed by atoms with Gasteiger partial charge in [0.2, 0.25) is 5.91 Å². The Morgan fingerprint density at radius 1 is 0.808 bits per heavy atom. The molecule has 0 spiro atoms. The highest BCUT2D eigenvalue weighted by atomic mass is 16.5. The maximum atomic E-state index is 12.3. The average Bonchev–Trinajstić information content (AvgIpc) is 2.69. The Labute approximate surface area is 153 Å². The van der Waals surface area contributed by atoms with Gasteiger partial charge >= 0.3 is 0 Å². The van der Waals surface area contributed by atoms with Crippen molar-refractivity contribution in [3.8, 4) is 22.6 Å². The highest BCUT2D eigenvalue weighted by Gasteiger charge is 2.08. The van der Waals surface area contributed by atoms with Crippen molar-refractivity contribution in [1.82, 2.24) is 0 Å². The largest absolute Gasteiger partial charge is 0.493 e. The molecule has 1 amide bonds. The minimum Gasteiger partial charge on any atom is -0.493 e. The van der Waals surface area contributed by atoms with Crippen LogP contribution in [0.3, 0.4) is 0 Å². The summed E-state index contributed by atoms with van der Waals surface area (Å²) in [4.78, 5) is 12.3. The Morgan fingerprint density at radius 3 is 2.12 bits per heavy atom. The van der Waals surface area contributed by atoms with Crippen LogP contribution in [0, 0.1) is 0 Å². The number of rotatable bonds is 6. The van der Waals surface area contributed by atoms with Crippen molar-refractivity contribution in [1.29, 1.82) is 0 Å². The van der Waals surface area contributed by atoms with Crippen LogP contribution < -0.4 is 14.8 Å². The minimum atomic E-state index is -0.0790. The number of methoxy groups -OCH3 is 2. The van der Waals surface area contributed by atoms with E-state index in [0.717, 1.165) is 16.7 Å². The van der Waals surface area contributed by atoms with Crippen molar-refractivity contribution in [2.45, 2.75) is 6.42 Å². The molecule has 0 aliphatic carbocycles. The highest BCUT2D eigenvalue weighted by Crippen LogP contribution is 2.29. The zero-order valence-electron chi connectivity index (χ0n) is 14.9. The van der Waals surface area contributed by atoms with Crippen LogP contribution in [0.15, 0.2) is 72.8 Å². The Balaban J connectivity index is 1.65. The molecule has 0 bridgehead atoms. The molecule has 0 aliphatic rings. The number of benzene rings is 3. The summed E-state index contributed by atoms with van der Waals surface area (Å²) in [5.74, 6) is 1.13.